The highest BCUT2D eigenvalue weighted by Crippen LogP contribution is 2.16. The van der Waals surface area contributed by atoms with Crippen molar-refractivity contribution in [3.63, 3.8) is 0 Å². The van der Waals surface area contributed by atoms with Gasteiger partial charge in [0.05, 0.1) is 0 Å². The van der Waals surface area contributed by atoms with Crippen molar-refractivity contribution in [3.8, 4) is 0 Å². The minimum atomic E-state index is -0.794. The molecule has 6 heteroatoms. The molecule has 67 heavy (non-hydrogen) atoms. The number of rotatable bonds is 51. The summed E-state index contributed by atoms with van der Waals surface area (Å²) in [7, 11) is 0. The summed E-state index contributed by atoms with van der Waals surface area (Å²) >= 11 is 0. The molecule has 0 aliphatic carbocycles. The van der Waals surface area contributed by atoms with Gasteiger partial charge in [-0.3, -0.25) is 14.4 Å². The quantitative estimate of drug-likeness (QED) is 0.0262. The Morgan fingerprint density at radius 1 is 0.313 bits per heavy atom. The first kappa shape index (κ1) is 63.8. The van der Waals surface area contributed by atoms with Crippen LogP contribution in [-0.2, 0) is 28.6 Å². The van der Waals surface area contributed by atoms with Crippen LogP contribution in [0.2, 0.25) is 0 Å². The lowest BCUT2D eigenvalue weighted by Gasteiger charge is -2.18. The molecule has 0 N–H and O–H groups in total. The van der Waals surface area contributed by atoms with Crippen LogP contribution in [0.4, 0.5) is 0 Å². The molecule has 0 aromatic rings. The van der Waals surface area contributed by atoms with E-state index in [4.69, 9.17) is 14.2 Å². The first-order valence-corrected chi connectivity index (χ1v) is 28.4. The number of esters is 3. The van der Waals surface area contributed by atoms with Crippen molar-refractivity contribution in [2.45, 2.75) is 284 Å². The first-order valence-electron chi connectivity index (χ1n) is 28.4. The monoisotopic (exact) mass is 935 g/mol. The smallest absolute Gasteiger partial charge is 0.306 e. The molecule has 0 aliphatic heterocycles. The summed E-state index contributed by atoms with van der Waals surface area (Å²) in [6.45, 7) is 6.45. The molecule has 0 aromatic heterocycles. The van der Waals surface area contributed by atoms with Crippen molar-refractivity contribution in [3.05, 3.63) is 72.9 Å². The summed E-state index contributed by atoms with van der Waals surface area (Å²) in [4.78, 5) is 37.8. The molecule has 0 fully saturated rings. The van der Waals surface area contributed by atoms with E-state index in [-0.39, 0.29) is 37.5 Å². The zero-order valence-corrected chi connectivity index (χ0v) is 44.2. The average Bonchev–Trinajstić information content (AvgIpc) is 3.33. The van der Waals surface area contributed by atoms with Gasteiger partial charge in [0.25, 0.3) is 0 Å². The Labute approximate surface area is 414 Å². The van der Waals surface area contributed by atoms with E-state index >= 15 is 0 Å². The van der Waals surface area contributed by atoms with Crippen LogP contribution >= 0.6 is 0 Å². The largest absolute Gasteiger partial charge is 0.462 e. The Hall–Kier alpha value is -3.15. The third kappa shape index (κ3) is 53.7. The van der Waals surface area contributed by atoms with E-state index in [0.717, 1.165) is 89.9 Å². The summed E-state index contributed by atoms with van der Waals surface area (Å²) < 4.78 is 16.7. The van der Waals surface area contributed by atoms with Crippen molar-refractivity contribution in [1.29, 1.82) is 0 Å². The van der Waals surface area contributed by atoms with E-state index in [1.807, 2.05) is 0 Å². The summed E-state index contributed by atoms with van der Waals surface area (Å²) in [6, 6.07) is 0. The molecule has 1 atom stereocenters. The van der Waals surface area contributed by atoms with Crippen LogP contribution in [0.15, 0.2) is 72.9 Å². The number of hydrogen-bond donors (Lipinski definition) is 0. The van der Waals surface area contributed by atoms with Crippen LogP contribution in [0.25, 0.3) is 0 Å². The molecule has 0 spiro atoms. The highest BCUT2D eigenvalue weighted by molar-refractivity contribution is 5.71. The van der Waals surface area contributed by atoms with Crippen molar-refractivity contribution in [2.75, 3.05) is 13.2 Å². The normalized spacial score (nSPS) is 12.6. The lowest BCUT2D eigenvalue weighted by Crippen LogP contribution is -2.30. The molecule has 0 aliphatic rings. The van der Waals surface area contributed by atoms with Gasteiger partial charge in [0, 0.05) is 19.3 Å². The molecule has 0 saturated heterocycles. The fraction of sp³-hybridized carbons (Fsp3) is 0.754. The Bertz CT molecular complexity index is 1260. The number of allylic oxidation sites excluding steroid dienone is 12. The Balaban J connectivity index is 4.21. The van der Waals surface area contributed by atoms with Gasteiger partial charge in [-0.2, -0.15) is 0 Å². The van der Waals surface area contributed by atoms with Gasteiger partial charge in [-0.1, -0.05) is 261 Å². The van der Waals surface area contributed by atoms with Crippen molar-refractivity contribution >= 4 is 17.9 Å². The van der Waals surface area contributed by atoms with Crippen LogP contribution in [0.3, 0.4) is 0 Å². The zero-order valence-electron chi connectivity index (χ0n) is 44.2. The third-order valence-corrected chi connectivity index (χ3v) is 12.2. The molecule has 386 valence electrons. The zero-order chi connectivity index (χ0) is 48.6. The van der Waals surface area contributed by atoms with Gasteiger partial charge in [0.1, 0.15) is 13.2 Å². The van der Waals surface area contributed by atoms with E-state index in [9.17, 15) is 14.4 Å². The highest BCUT2D eigenvalue weighted by Gasteiger charge is 2.19. The van der Waals surface area contributed by atoms with E-state index in [0.29, 0.717) is 19.3 Å². The average molecular weight is 936 g/mol. The Kier molecular flexibility index (Phi) is 52.8. The maximum absolute atomic E-state index is 12.8. The van der Waals surface area contributed by atoms with Crippen LogP contribution < -0.4 is 0 Å². The fourth-order valence-corrected chi connectivity index (χ4v) is 7.98. The Morgan fingerprint density at radius 2 is 0.582 bits per heavy atom. The SMILES string of the molecule is CC/C=C\C/C=C\C/C=C\C/C=C\C/C=C\C/C=C\CCCCC(=O)OC(COC(=O)CCCCCCCC)COC(=O)CCCCCCCCCCCCCCCCCCCCCCCC. The molecule has 0 saturated carbocycles. The number of carbonyl (C=O) groups excluding carboxylic acids is 3. The molecule has 0 amide bonds. The summed E-state index contributed by atoms with van der Waals surface area (Å²) in [5.74, 6) is -0.937. The fourth-order valence-electron chi connectivity index (χ4n) is 7.98. The van der Waals surface area contributed by atoms with E-state index in [1.54, 1.807) is 0 Å². The molecule has 6 nitrogen and oxygen atoms in total. The van der Waals surface area contributed by atoms with Gasteiger partial charge in [0.2, 0.25) is 0 Å². The van der Waals surface area contributed by atoms with Crippen LogP contribution in [0, 0.1) is 0 Å². The minimum absolute atomic E-state index is 0.0906. The van der Waals surface area contributed by atoms with Crippen molar-refractivity contribution in [1.82, 2.24) is 0 Å². The number of ether oxygens (including phenoxy) is 3. The number of carbonyl (C=O) groups is 3. The van der Waals surface area contributed by atoms with Gasteiger partial charge in [-0.25, -0.2) is 0 Å². The maximum Gasteiger partial charge on any atom is 0.306 e. The first-order chi connectivity index (χ1) is 33.0. The molecular weight excluding hydrogens is 829 g/mol. The van der Waals surface area contributed by atoms with Gasteiger partial charge < -0.3 is 14.2 Å². The second-order valence-electron chi connectivity index (χ2n) is 18.8. The predicted molar refractivity (Wildman–Crippen MR) is 288 cm³/mol. The molecular formula is C61H106O6. The standard InChI is InChI=1S/C61H106O6/c1-4-7-10-13-16-18-20-22-24-26-28-30-32-33-35-37-39-41-43-45-48-51-54-60(63)66-57-58(56-65-59(62)53-50-47-15-12-9-6-3)67-61(64)55-52-49-46-44-42-40-38-36-34-31-29-27-25-23-21-19-17-14-11-8-5-2/h8,11,17,19,23,25,29,31,36,38,42,44,58H,4-7,9-10,12-16,18,20-22,24,26-28,30,32-35,37,39-41,43,45-57H2,1-3H3/b11-8-,19-17-,25-23-,31-29-,38-36-,44-42-. The van der Waals surface area contributed by atoms with Crippen LogP contribution in [-0.4, -0.2) is 37.2 Å². The molecule has 0 aromatic carbocycles. The van der Waals surface area contributed by atoms with Crippen LogP contribution in [0.1, 0.15) is 278 Å². The molecule has 0 radical (unpaired) electrons. The summed E-state index contributed by atoms with van der Waals surface area (Å²) in [6.07, 6.45) is 70.8. The van der Waals surface area contributed by atoms with E-state index in [1.165, 1.54) is 141 Å². The topological polar surface area (TPSA) is 78.9 Å². The van der Waals surface area contributed by atoms with Gasteiger partial charge >= 0.3 is 17.9 Å². The van der Waals surface area contributed by atoms with Crippen LogP contribution in [0.5, 0.6) is 0 Å². The third-order valence-electron chi connectivity index (χ3n) is 12.2. The Morgan fingerprint density at radius 3 is 0.910 bits per heavy atom. The van der Waals surface area contributed by atoms with Crippen molar-refractivity contribution in [2.24, 2.45) is 0 Å². The number of hydrogen-bond acceptors (Lipinski definition) is 6. The molecule has 0 bridgehead atoms. The predicted octanol–water partition coefficient (Wildman–Crippen LogP) is 19.0. The van der Waals surface area contributed by atoms with Gasteiger partial charge in [-0.15, -0.1) is 0 Å². The molecule has 1 unspecified atom stereocenters. The summed E-state index contributed by atoms with van der Waals surface area (Å²) in [5, 5.41) is 0. The molecule has 0 heterocycles. The van der Waals surface area contributed by atoms with E-state index in [2.05, 4.69) is 93.7 Å². The summed E-state index contributed by atoms with van der Waals surface area (Å²) in [5.41, 5.74) is 0. The second-order valence-corrected chi connectivity index (χ2v) is 18.8. The lowest BCUT2D eigenvalue weighted by atomic mass is 10.0. The highest BCUT2D eigenvalue weighted by atomic mass is 16.6. The lowest BCUT2D eigenvalue weighted by molar-refractivity contribution is -0.167. The second kappa shape index (κ2) is 55.4. The van der Waals surface area contributed by atoms with Gasteiger partial charge in [0.15, 0.2) is 6.10 Å². The maximum atomic E-state index is 12.8. The van der Waals surface area contributed by atoms with Crippen molar-refractivity contribution < 1.29 is 28.6 Å². The number of unbranched alkanes of at least 4 members (excludes halogenated alkanes) is 28. The molecule has 0 rings (SSSR count). The minimum Gasteiger partial charge on any atom is -0.462 e. The van der Waals surface area contributed by atoms with E-state index < -0.39 is 6.10 Å². The van der Waals surface area contributed by atoms with Gasteiger partial charge in [-0.05, 0) is 70.6 Å².